The molecule has 0 bridgehead atoms. The molecule has 1 saturated heterocycles. The lowest BCUT2D eigenvalue weighted by Crippen LogP contribution is -2.60. The van der Waals surface area contributed by atoms with E-state index in [9.17, 15) is 4.79 Å². The SMILES string of the molecule is Cc1ccc(COC2C[C@](OCc3ccccc3C)(C(=O)NCC3CC3)C[C@H]3OC(C)(C)O[C@@H]23)cc1. The van der Waals surface area contributed by atoms with Crippen LogP contribution < -0.4 is 5.32 Å². The third-order valence-electron chi connectivity index (χ3n) is 7.66. The van der Waals surface area contributed by atoms with Crippen molar-refractivity contribution in [2.45, 2.75) is 96.3 Å². The van der Waals surface area contributed by atoms with E-state index >= 15 is 0 Å². The van der Waals surface area contributed by atoms with E-state index in [1.54, 1.807) is 0 Å². The number of benzene rings is 2. The summed E-state index contributed by atoms with van der Waals surface area (Å²) in [6.07, 6.45) is 2.33. The number of nitrogens with one attached hydrogen (secondary N) is 1. The van der Waals surface area contributed by atoms with E-state index in [1.165, 1.54) is 18.4 Å². The number of hydrogen-bond acceptors (Lipinski definition) is 5. The van der Waals surface area contributed by atoms with Crippen LogP contribution in [0.25, 0.3) is 0 Å². The third kappa shape index (κ3) is 5.83. The molecular weight excluding hydrogens is 454 g/mol. The molecule has 2 saturated carbocycles. The fraction of sp³-hybridized carbons (Fsp3) is 0.567. The standard InChI is InChI=1S/C30H39NO5/c1-20-9-11-23(12-10-20)18-33-25-15-30(28(32)31-17-22-13-14-22,16-26-27(25)36-29(3,4)35-26)34-19-24-8-6-5-7-21(24)2/h5-12,22,25-27H,13-19H2,1-4H3,(H,31,32)/t25?,26-,27+,30-/m1/s1. The molecule has 194 valence electrons. The molecule has 36 heavy (non-hydrogen) atoms. The molecule has 0 radical (unpaired) electrons. The number of amides is 1. The van der Waals surface area contributed by atoms with Crippen molar-refractivity contribution in [1.82, 2.24) is 5.32 Å². The number of fused-ring (bicyclic) bond motifs is 1. The summed E-state index contributed by atoms with van der Waals surface area (Å²) in [6.45, 7) is 9.48. The topological polar surface area (TPSA) is 66.0 Å². The highest BCUT2D eigenvalue weighted by molar-refractivity contribution is 5.85. The van der Waals surface area contributed by atoms with Crippen molar-refractivity contribution >= 4 is 5.91 Å². The van der Waals surface area contributed by atoms with E-state index in [-0.39, 0.29) is 24.2 Å². The highest BCUT2D eigenvalue weighted by atomic mass is 16.8. The third-order valence-corrected chi connectivity index (χ3v) is 7.66. The Bertz CT molecular complexity index is 1060. The van der Waals surface area contributed by atoms with E-state index in [2.05, 4.69) is 55.6 Å². The van der Waals surface area contributed by atoms with Crippen LogP contribution in [0.15, 0.2) is 48.5 Å². The molecule has 1 amide bonds. The molecule has 0 spiro atoms. The van der Waals surface area contributed by atoms with Gasteiger partial charge in [-0.2, -0.15) is 0 Å². The minimum atomic E-state index is -1.06. The van der Waals surface area contributed by atoms with Crippen molar-refractivity contribution in [3.05, 3.63) is 70.8 Å². The van der Waals surface area contributed by atoms with Crippen LogP contribution in [0.1, 0.15) is 61.8 Å². The Morgan fingerprint density at radius 2 is 1.75 bits per heavy atom. The first-order valence-electron chi connectivity index (χ1n) is 13.2. The van der Waals surface area contributed by atoms with E-state index in [0.29, 0.717) is 38.5 Å². The number of ether oxygens (including phenoxy) is 4. The molecule has 6 nitrogen and oxygen atoms in total. The second-order valence-corrected chi connectivity index (χ2v) is 11.2. The smallest absolute Gasteiger partial charge is 0.252 e. The summed E-state index contributed by atoms with van der Waals surface area (Å²) in [5.74, 6) is -0.229. The summed E-state index contributed by atoms with van der Waals surface area (Å²) in [4.78, 5) is 13.8. The predicted molar refractivity (Wildman–Crippen MR) is 137 cm³/mol. The highest BCUT2D eigenvalue weighted by Crippen LogP contribution is 2.44. The minimum Gasteiger partial charge on any atom is -0.371 e. The van der Waals surface area contributed by atoms with E-state index in [1.807, 2.05) is 26.0 Å². The first-order chi connectivity index (χ1) is 17.2. The van der Waals surface area contributed by atoms with Gasteiger partial charge in [0, 0.05) is 19.4 Å². The van der Waals surface area contributed by atoms with Gasteiger partial charge in [0.1, 0.15) is 6.10 Å². The van der Waals surface area contributed by atoms with Gasteiger partial charge >= 0.3 is 0 Å². The highest BCUT2D eigenvalue weighted by Gasteiger charge is 2.58. The van der Waals surface area contributed by atoms with Crippen molar-refractivity contribution < 1.29 is 23.7 Å². The van der Waals surface area contributed by atoms with Gasteiger partial charge in [-0.25, -0.2) is 0 Å². The molecule has 1 aliphatic heterocycles. The summed E-state index contributed by atoms with van der Waals surface area (Å²) >= 11 is 0. The summed E-state index contributed by atoms with van der Waals surface area (Å²) in [7, 11) is 0. The zero-order chi connectivity index (χ0) is 25.3. The molecule has 4 atom stereocenters. The number of hydrogen-bond donors (Lipinski definition) is 1. The molecule has 1 N–H and O–H groups in total. The van der Waals surface area contributed by atoms with Crippen LogP contribution >= 0.6 is 0 Å². The van der Waals surface area contributed by atoms with Crippen molar-refractivity contribution in [2.24, 2.45) is 5.92 Å². The van der Waals surface area contributed by atoms with Crippen LogP contribution in [0, 0.1) is 19.8 Å². The first kappa shape index (κ1) is 25.4. The average Bonchev–Trinajstić information content (AvgIpc) is 3.62. The zero-order valence-corrected chi connectivity index (χ0v) is 21.9. The number of carbonyl (C=O) groups excluding carboxylic acids is 1. The van der Waals surface area contributed by atoms with Gasteiger partial charge in [0.05, 0.1) is 25.4 Å². The molecule has 0 aromatic heterocycles. The fourth-order valence-corrected chi connectivity index (χ4v) is 5.30. The lowest BCUT2D eigenvalue weighted by Gasteiger charge is -2.43. The molecule has 3 aliphatic rings. The first-order valence-corrected chi connectivity index (χ1v) is 13.2. The quantitative estimate of drug-likeness (QED) is 0.534. The number of rotatable bonds is 9. The average molecular weight is 494 g/mol. The molecule has 5 rings (SSSR count). The molecule has 1 unspecified atom stereocenters. The van der Waals surface area contributed by atoms with Gasteiger partial charge < -0.3 is 24.3 Å². The maximum atomic E-state index is 13.8. The van der Waals surface area contributed by atoms with Crippen LogP contribution in [-0.4, -0.2) is 42.2 Å². The molecule has 2 aromatic rings. The predicted octanol–water partition coefficient (Wildman–Crippen LogP) is 4.98. The Morgan fingerprint density at radius 3 is 2.47 bits per heavy atom. The monoisotopic (exact) mass is 493 g/mol. The lowest BCUT2D eigenvalue weighted by molar-refractivity contribution is -0.183. The van der Waals surface area contributed by atoms with Crippen molar-refractivity contribution in [3.8, 4) is 0 Å². The van der Waals surface area contributed by atoms with Crippen molar-refractivity contribution in [2.75, 3.05) is 6.54 Å². The number of aryl methyl sites for hydroxylation is 2. The molecule has 3 fully saturated rings. The summed E-state index contributed by atoms with van der Waals surface area (Å²) in [6, 6.07) is 16.5. The molecule has 1 heterocycles. The van der Waals surface area contributed by atoms with Crippen LogP contribution in [-0.2, 0) is 37.0 Å². The molecule has 6 heteroatoms. The fourth-order valence-electron chi connectivity index (χ4n) is 5.30. The van der Waals surface area contributed by atoms with Gasteiger partial charge in [0.15, 0.2) is 11.4 Å². The second kappa shape index (κ2) is 10.3. The lowest BCUT2D eigenvalue weighted by atomic mass is 9.78. The normalized spacial score (nSPS) is 29.1. The van der Waals surface area contributed by atoms with Crippen LogP contribution in [0.2, 0.25) is 0 Å². The van der Waals surface area contributed by atoms with E-state index in [0.717, 1.165) is 16.7 Å². The Morgan fingerprint density at radius 1 is 1.00 bits per heavy atom. The van der Waals surface area contributed by atoms with E-state index < -0.39 is 11.4 Å². The van der Waals surface area contributed by atoms with Gasteiger partial charge in [-0.05, 0) is 63.1 Å². The van der Waals surface area contributed by atoms with Gasteiger partial charge in [-0.3, -0.25) is 4.79 Å². The maximum absolute atomic E-state index is 13.8. The van der Waals surface area contributed by atoms with Crippen molar-refractivity contribution in [1.29, 1.82) is 0 Å². The largest absolute Gasteiger partial charge is 0.371 e. The maximum Gasteiger partial charge on any atom is 0.252 e. The summed E-state index contributed by atoms with van der Waals surface area (Å²) in [5, 5.41) is 3.19. The number of carbonyl (C=O) groups is 1. The van der Waals surface area contributed by atoms with Gasteiger partial charge in [-0.15, -0.1) is 0 Å². The Labute approximate surface area is 214 Å². The Kier molecular flexibility index (Phi) is 7.23. The molecule has 2 aliphatic carbocycles. The molecular formula is C30H39NO5. The van der Waals surface area contributed by atoms with Crippen LogP contribution in [0.4, 0.5) is 0 Å². The van der Waals surface area contributed by atoms with Gasteiger partial charge in [0.2, 0.25) is 0 Å². The Balaban J connectivity index is 1.39. The zero-order valence-electron chi connectivity index (χ0n) is 21.9. The summed E-state index contributed by atoms with van der Waals surface area (Å²) < 4.78 is 25.7. The minimum absolute atomic E-state index is 0.0707. The van der Waals surface area contributed by atoms with Gasteiger partial charge in [-0.1, -0.05) is 54.1 Å². The van der Waals surface area contributed by atoms with Crippen LogP contribution in [0.5, 0.6) is 0 Å². The van der Waals surface area contributed by atoms with Crippen LogP contribution in [0.3, 0.4) is 0 Å². The summed E-state index contributed by atoms with van der Waals surface area (Å²) in [5.41, 5.74) is 3.47. The van der Waals surface area contributed by atoms with Gasteiger partial charge in [0.25, 0.3) is 5.91 Å². The second-order valence-electron chi connectivity index (χ2n) is 11.2. The Hall–Kier alpha value is -2.25. The van der Waals surface area contributed by atoms with Crippen molar-refractivity contribution in [3.63, 3.8) is 0 Å². The molecule has 2 aromatic carbocycles. The van der Waals surface area contributed by atoms with E-state index in [4.69, 9.17) is 18.9 Å².